The van der Waals surface area contributed by atoms with Crippen LogP contribution in [0.4, 0.5) is 0 Å². The first kappa shape index (κ1) is 16.4. The van der Waals surface area contributed by atoms with Gasteiger partial charge in [0.1, 0.15) is 17.4 Å². The second kappa shape index (κ2) is 7.92. The van der Waals surface area contributed by atoms with Gasteiger partial charge in [-0.1, -0.05) is 18.2 Å². The van der Waals surface area contributed by atoms with Gasteiger partial charge in [-0.15, -0.1) is 11.3 Å². The minimum absolute atomic E-state index is 0.0173. The lowest BCUT2D eigenvalue weighted by Crippen LogP contribution is -2.38. The van der Waals surface area contributed by atoms with Crippen LogP contribution in [0.3, 0.4) is 0 Å². The van der Waals surface area contributed by atoms with Crippen LogP contribution in [-0.4, -0.2) is 29.4 Å². The quantitative estimate of drug-likeness (QED) is 0.762. The van der Waals surface area contributed by atoms with E-state index in [4.69, 9.17) is 4.74 Å². The third kappa shape index (κ3) is 5.34. The number of nitrogens with one attached hydrogen (secondary N) is 2. The number of para-hydroxylation sites is 1. The maximum atomic E-state index is 11.8. The molecule has 3 rings (SSSR count). The van der Waals surface area contributed by atoms with Crippen LogP contribution in [0.2, 0.25) is 0 Å². The molecule has 0 unspecified atom stereocenters. The number of aromatic nitrogens is 1. The summed E-state index contributed by atoms with van der Waals surface area (Å²) in [7, 11) is 0. The van der Waals surface area contributed by atoms with Crippen molar-refractivity contribution in [3.8, 4) is 5.75 Å². The summed E-state index contributed by atoms with van der Waals surface area (Å²) >= 11 is 1.46. The van der Waals surface area contributed by atoms with Gasteiger partial charge in [-0.2, -0.15) is 0 Å². The van der Waals surface area contributed by atoms with Crippen molar-refractivity contribution in [3.05, 3.63) is 46.4 Å². The van der Waals surface area contributed by atoms with E-state index in [0.717, 1.165) is 23.6 Å². The number of benzene rings is 1. The Bertz CT molecular complexity index is 698. The summed E-state index contributed by atoms with van der Waals surface area (Å²) in [6, 6.07) is 9.82. The van der Waals surface area contributed by atoms with E-state index in [0.29, 0.717) is 18.3 Å². The second-order valence-corrected chi connectivity index (χ2v) is 6.57. The SMILES string of the molecule is O=C(Cc1csc(COc2ccccc2)n1)NCC(=O)NC1CC1. The lowest BCUT2D eigenvalue weighted by atomic mass is 10.3. The fraction of sp³-hybridized carbons (Fsp3) is 0.353. The van der Waals surface area contributed by atoms with Gasteiger partial charge in [0.05, 0.1) is 18.7 Å². The fourth-order valence-electron chi connectivity index (χ4n) is 2.07. The van der Waals surface area contributed by atoms with E-state index in [1.807, 2.05) is 35.7 Å². The molecule has 2 amide bonds. The normalized spacial score (nSPS) is 13.3. The van der Waals surface area contributed by atoms with Crippen molar-refractivity contribution in [2.45, 2.75) is 31.9 Å². The Balaban J connectivity index is 1.39. The van der Waals surface area contributed by atoms with Gasteiger partial charge in [-0.25, -0.2) is 4.98 Å². The van der Waals surface area contributed by atoms with Crippen LogP contribution in [-0.2, 0) is 22.6 Å². The van der Waals surface area contributed by atoms with Gasteiger partial charge in [-0.3, -0.25) is 9.59 Å². The maximum Gasteiger partial charge on any atom is 0.239 e. The van der Waals surface area contributed by atoms with Crippen molar-refractivity contribution in [2.24, 2.45) is 0 Å². The molecule has 2 N–H and O–H groups in total. The van der Waals surface area contributed by atoms with Crippen LogP contribution in [0.1, 0.15) is 23.5 Å². The van der Waals surface area contributed by atoms with E-state index in [9.17, 15) is 9.59 Å². The predicted molar refractivity (Wildman–Crippen MR) is 90.8 cm³/mol. The molecule has 6 nitrogen and oxygen atoms in total. The molecule has 0 radical (unpaired) electrons. The van der Waals surface area contributed by atoms with Crippen molar-refractivity contribution in [1.82, 2.24) is 15.6 Å². The molecule has 126 valence electrons. The van der Waals surface area contributed by atoms with E-state index in [-0.39, 0.29) is 24.8 Å². The summed E-state index contributed by atoms with van der Waals surface area (Å²) in [4.78, 5) is 27.8. The number of carbonyl (C=O) groups excluding carboxylic acids is 2. The Hall–Kier alpha value is -2.41. The minimum Gasteiger partial charge on any atom is -0.486 e. The van der Waals surface area contributed by atoms with Crippen LogP contribution in [0.15, 0.2) is 35.7 Å². The van der Waals surface area contributed by atoms with Crippen molar-refractivity contribution < 1.29 is 14.3 Å². The summed E-state index contributed by atoms with van der Waals surface area (Å²) in [5.74, 6) is 0.441. The summed E-state index contributed by atoms with van der Waals surface area (Å²) in [5.41, 5.74) is 0.687. The van der Waals surface area contributed by atoms with E-state index < -0.39 is 0 Å². The molecule has 0 saturated heterocycles. The summed E-state index contributed by atoms with van der Waals surface area (Å²) in [6.45, 7) is 0.392. The average Bonchev–Trinajstić information content (AvgIpc) is 3.29. The van der Waals surface area contributed by atoms with Crippen molar-refractivity contribution in [3.63, 3.8) is 0 Å². The average molecular weight is 345 g/mol. The van der Waals surface area contributed by atoms with Gasteiger partial charge in [0.25, 0.3) is 0 Å². The van der Waals surface area contributed by atoms with Crippen LogP contribution >= 0.6 is 11.3 Å². The number of rotatable bonds is 8. The van der Waals surface area contributed by atoms with Crippen LogP contribution < -0.4 is 15.4 Å². The molecule has 1 fully saturated rings. The number of nitrogens with zero attached hydrogens (tertiary/aromatic N) is 1. The molecular weight excluding hydrogens is 326 g/mol. The standard InChI is InChI=1S/C17H19N3O3S/c21-15(18-9-16(22)19-12-6-7-12)8-13-11-24-17(20-13)10-23-14-4-2-1-3-5-14/h1-5,11-12H,6-10H2,(H,18,21)(H,19,22). The second-order valence-electron chi connectivity index (χ2n) is 5.63. The number of thiazole rings is 1. The third-order valence-electron chi connectivity index (χ3n) is 3.44. The molecule has 0 spiro atoms. The highest BCUT2D eigenvalue weighted by atomic mass is 32.1. The lowest BCUT2D eigenvalue weighted by molar-refractivity contribution is -0.125. The Morgan fingerprint density at radius 2 is 2.00 bits per heavy atom. The van der Waals surface area contributed by atoms with Gasteiger partial charge in [0.15, 0.2) is 0 Å². The minimum atomic E-state index is -0.207. The highest BCUT2D eigenvalue weighted by Gasteiger charge is 2.23. The van der Waals surface area contributed by atoms with Crippen molar-refractivity contribution in [1.29, 1.82) is 0 Å². The van der Waals surface area contributed by atoms with Gasteiger partial charge in [-0.05, 0) is 25.0 Å². The lowest BCUT2D eigenvalue weighted by Gasteiger charge is -2.05. The molecule has 1 saturated carbocycles. The zero-order valence-corrected chi connectivity index (χ0v) is 14.0. The first-order chi connectivity index (χ1) is 11.7. The maximum absolute atomic E-state index is 11.8. The molecule has 24 heavy (non-hydrogen) atoms. The molecular formula is C17H19N3O3S. The van der Waals surface area contributed by atoms with Gasteiger partial charge in [0.2, 0.25) is 11.8 Å². The molecule has 1 aromatic heterocycles. The summed E-state index contributed by atoms with van der Waals surface area (Å²) in [6.07, 6.45) is 2.23. The van der Waals surface area contributed by atoms with Gasteiger partial charge < -0.3 is 15.4 Å². The molecule has 1 heterocycles. The molecule has 1 aromatic carbocycles. The van der Waals surface area contributed by atoms with Crippen LogP contribution in [0, 0.1) is 0 Å². The highest BCUT2D eigenvalue weighted by Crippen LogP contribution is 2.18. The van der Waals surface area contributed by atoms with Gasteiger partial charge in [0, 0.05) is 11.4 Å². The number of carbonyl (C=O) groups is 2. The first-order valence-electron chi connectivity index (χ1n) is 7.86. The van der Waals surface area contributed by atoms with Gasteiger partial charge >= 0.3 is 0 Å². The Morgan fingerprint density at radius 1 is 1.21 bits per heavy atom. The molecule has 1 aliphatic rings. The predicted octanol–water partition coefficient (Wildman–Crippen LogP) is 1.66. The molecule has 2 aromatic rings. The van der Waals surface area contributed by atoms with E-state index in [1.54, 1.807) is 0 Å². The van der Waals surface area contributed by atoms with Crippen molar-refractivity contribution in [2.75, 3.05) is 6.54 Å². The number of hydrogen-bond donors (Lipinski definition) is 2. The largest absolute Gasteiger partial charge is 0.486 e. The van der Waals surface area contributed by atoms with Crippen LogP contribution in [0.5, 0.6) is 5.75 Å². The molecule has 0 aliphatic heterocycles. The van der Waals surface area contributed by atoms with E-state index in [1.165, 1.54) is 11.3 Å². The number of ether oxygens (including phenoxy) is 1. The third-order valence-corrected chi connectivity index (χ3v) is 4.31. The zero-order valence-electron chi connectivity index (χ0n) is 13.2. The Kier molecular flexibility index (Phi) is 5.43. The fourth-order valence-corrected chi connectivity index (χ4v) is 2.78. The smallest absolute Gasteiger partial charge is 0.239 e. The van der Waals surface area contributed by atoms with E-state index in [2.05, 4.69) is 15.6 Å². The number of amides is 2. The highest BCUT2D eigenvalue weighted by molar-refractivity contribution is 7.09. The Morgan fingerprint density at radius 3 is 2.75 bits per heavy atom. The van der Waals surface area contributed by atoms with Crippen LogP contribution in [0.25, 0.3) is 0 Å². The number of hydrogen-bond acceptors (Lipinski definition) is 5. The topological polar surface area (TPSA) is 80.3 Å². The van der Waals surface area contributed by atoms with Crippen molar-refractivity contribution >= 4 is 23.2 Å². The molecule has 0 atom stereocenters. The molecule has 1 aliphatic carbocycles. The Labute approximate surface area is 144 Å². The first-order valence-corrected chi connectivity index (χ1v) is 8.74. The molecule has 7 heteroatoms. The summed E-state index contributed by atoms with van der Waals surface area (Å²) < 4.78 is 5.63. The summed E-state index contributed by atoms with van der Waals surface area (Å²) in [5, 5.41) is 8.09. The molecule has 0 bridgehead atoms. The zero-order chi connectivity index (χ0) is 16.8. The van der Waals surface area contributed by atoms with E-state index >= 15 is 0 Å². The monoisotopic (exact) mass is 345 g/mol.